The Hall–Kier alpha value is -1.02. The van der Waals surface area contributed by atoms with Crippen molar-refractivity contribution in [3.8, 4) is 0 Å². The number of hydrogen-bond acceptors (Lipinski definition) is 4. The fraction of sp³-hybridized carbons (Fsp3) is 0.400. The van der Waals surface area contributed by atoms with Crippen LogP contribution in [0.5, 0.6) is 0 Å². The molecule has 0 atom stereocenters. The van der Waals surface area contributed by atoms with Gasteiger partial charge in [0.05, 0.1) is 6.61 Å². The molecule has 1 aromatic rings. The molecule has 3 N–H and O–H groups in total. The number of hydrogen-bond donors (Lipinski definition) is 2. The molecular weight excluding hydrogens is 247 g/mol. The number of nitrogens with one attached hydrogen (secondary N) is 1. The van der Waals surface area contributed by atoms with Crippen LogP contribution in [0.15, 0.2) is 23.1 Å². The zero-order valence-corrected chi connectivity index (χ0v) is 10.3. The molecule has 0 aromatic heterocycles. The molecule has 17 heavy (non-hydrogen) atoms. The van der Waals surface area contributed by atoms with Gasteiger partial charge in [-0.3, -0.25) is 0 Å². The van der Waals surface area contributed by atoms with E-state index in [1.54, 1.807) is 0 Å². The van der Waals surface area contributed by atoms with Crippen molar-refractivity contribution in [2.75, 3.05) is 20.3 Å². The van der Waals surface area contributed by atoms with Crippen LogP contribution in [-0.4, -0.2) is 28.7 Å². The Morgan fingerprint density at radius 2 is 2.18 bits per heavy atom. The SMILES string of the molecule is COCCNS(=O)(=O)c1cc(CN)ccc1F. The van der Waals surface area contributed by atoms with Crippen molar-refractivity contribution in [1.82, 2.24) is 4.72 Å². The summed E-state index contributed by atoms with van der Waals surface area (Å²) in [5.41, 5.74) is 5.93. The van der Waals surface area contributed by atoms with Crippen LogP contribution in [0.3, 0.4) is 0 Å². The highest BCUT2D eigenvalue weighted by Gasteiger charge is 2.18. The number of halogens is 1. The quantitative estimate of drug-likeness (QED) is 0.718. The fourth-order valence-electron chi connectivity index (χ4n) is 1.24. The minimum Gasteiger partial charge on any atom is -0.383 e. The second kappa shape index (κ2) is 6.06. The summed E-state index contributed by atoms with van der Waals surface area (Å²) in [4.78, 5) is -0.392. The molecule has 0 aliphatic heterocycles. The van der Waals surface area contributed by atoms with E-state index in [1.165, 1.54) is 19.2 Å². The smallest absolute Gasteiger partial charge is 0.243 e. The summed E-state index contributed by atoms with van der Waals surface area (Å²) in [6.07, 6.45) is 0. The van der Waals surface area contributed by atoms with Crippen molar-refractivity contribution in [1.29, 1.82) is 0 Å². The highest BCUT2D eigenvalue weighted by Crippen LogP contribution is 2.15. The molecule has 0 heterocycles. The molecule has 0 saturated heterocycles. The Balaban J connectivity index is 2.97. The van der Waals surface area contributed by atoms with Crippen LogP contribution in [-0.2, 0) is 21.3 Å². The van der Waals surface area contributed by atoms with Gasteiger partial charge in [0.25, 0.3) is 0 Å². The Kier molecular flexibility index (Phi) is 5.01. The molecule has 0 bridgehead atoms. The van der Waals surface area contributed by atoms with Gasteiger partial charge in [0.2, 0.25) is 10.0 Å². The van der Waals surface area contributed by atoms with E-state index in [-0.39, 0.29) is 19.7 Å². The molecule has 0 spiro atoms. The van der Waals surface area contributed by atoms with E-state index in [2.05, 4.69) is 4.72 Å². The first kappa shape index (κ1) is 14.0. The van der Waals surface area contributed by atoms with Gasteiger partial charge in [-0.05, 0) is 17.7 Å². The number of sulfonamides is 1. The Bertz CT molecular complexity index is 476. The van der Waals surface area contributed by atoms with Gasteiger partial charge < -0.3 is 10.5 Å². The van der Waals surface area contributed by atoms with Gasteiger partial charge in [-0.15, -0.1) is 0 Å². The Morgan fingerprint density at radius 1 is 1.47 bits per heavy atom. The van der Waals surface area contributed by atoms with E-state index in [0.29, 0.717) is 5.56 Å². The van der Waals surface area contributed by atoms with Crippen molar-refractivity contribution in [3.63, 3.8) is 0 Å². The summed E-state index contributed by atoms with van der Waals surface area (Å²) in [6.45, 7) is 0.462. The van der Waals surface area contributed by atoms with E-state index < -0.39 is 20.7 Å². The largest absolute Gasteiger partial charge is 0.383 e. The molecular formula is C10H15FN2O3S. The summed E-state index contributed by atoms with van der Waals surface area (Å²) >= 11 is 0. The van der Waals surface area contributed by atoms with Crippen LogP contribution in [0.1, 0.15) is 5.56 Å². The molecule has 7 heteroatoms. The van der Waals surface area contributed by atoms with E-state index in [4.69, 9.17) is 10.5 Å². The molecule has 5 nitrogen and oxygen atoms in total. The molecule has 0 fully saturated rings. The van der Waals surface area contributed by atoms with Crippen LogP contribution in [0.4, 0.5) is 4.39 Å². The first-order chi connectivity index (χ1) is 8.01. The second-order valence-electron chi connectivity index (χ2n) is 3.36. The summed E-state index contributed by atoms with van der Waals surface area (Å²) in [5, 5.41) is 0. The predicted molar refractivity (Wildman–Crippen MR) is 61.4 cm³/mol. The summed E-state index contributed by atoms with van der Waals surface area (Å²) < 4.78 is 43.9. The molecule has 1 aromatic carbocycles. The monoisotopic (exact) mass is 262 g/mol. The minimum atomic E-state index is -3.86. The molecule has 0 radical (unpaired) electrons. The topological polar surface area (TPSA) is 81.4 Å². The average Bonchev–Trinajstić information content (AvgIpc) is 2.29. The zero-order valence-electron chi connectivity index (χ0n) is 9.44. The van der Waals surface area contributed by atoms with E-state index in [1.807, 2.05) is 0 Å². The van der Waals surface area contributed by atoms with Gasteiger partial charge in [-0.2, -0.15) is 0 Å². The number of rotatable bonds is 6. The molecule has 0 amide bonds. The van der Waals surface area contributed by atoms with Gasteiger partial charge in [0.1, 0.15) is 10.7 Å². The van der Waals surface area contributed by atoms with Gasteiger partial charge in [0.15, 0.2) is 0 Å². The third-order valence-corrected chi connectivity index (χ3v) is 3.60. The molecule has 0 aliphatic carbocycles. The lowest BCUT2D eigenvalue weighted by Gasteiger charge is -2.08. The maximum atomic E-state index is 13.4. The number of ether oxygens (including phenoxy) is 1. The predicted octanol–water partition coefficient (Wildman–Crippen LogP) is 0.209. The summed E-state index contributed by atoms with van der Waals surface area (Å²) in [6, 6.07) is 3.76. The molecule has 0 unspecified atom stereocenters. The first-order valence-electron chi connectivity index (χ1n) is 4.98. The van der Waals surface area contributed by atoms with Crippen molar-refractivity contribution >= 4 is 10.0 Å². The molecule has 0 saturated carbocycles. The average molecular weight is 262 g/mol. The fourth-order valence-corrected chi connectivity index (χ4v) is 2.38. The second-order valence-corrected chi connectivity index (χ2v) is 5.09. The number of methoxy groups -OCH3 is 1. The van der Waals surface area contributed by atoms with Crippen molar-refractivity contribution in [2.24, 2.45) is 5.73 Å². The Morgan fingerprint density at radius 3 is 2.76 bits per heavy atom. The van der Waals surface area contributed by atoms with E-state index in [9.17, 15) is 12.8 Å². The van der Waals surface area contributed by atoms with E-state index >= 15 is 0 Å². The maximum absolute atomic E-state index is 13.4. The highest BCUT2D eigenvalue weighted by molar-refractivity contribution is 7.89. The molecule has 0 aliphatic rings. The van der Waals surface area contributed by atoms with Gasteiger partial charge >= 0.3 is 0 Å². The van der Waals surface area contributed by atoms with Crippen molar-refractivity contribution in [3.05, 3.63) is 29.6 Å². The lowest BCUT2D eigenvalue weighted by atomic mass is 10.2. The van der Waals surface area contributed by atoms with Crippen molar-refractivity contribution < 1.29 is 17.5 Å². The number of benzene rings is 1. The van der Waals surface area contributed by atoms with Gasteiger partial charge in [-0.25, -0.2) is 17.5 Å². The van der Waals surface area contributed by atoms with Crippen LogP contribution in [0.25, 0.3) is 0 Å². The van der Waals surface area contributed by atoms with Crippen LogP contribution in [0.2, 0.25) is 0 Å². The summed E-state index contributed by atoms with van der Waals surface area (Å²) in [7, 11) is -2.41. The third-order valence-electron chi connectivity index (χ3n) is 2.12. The van der Waals surface area contributed by atoms with Gasteiger partial charge in [0, 0.05) is 20.2 Å². The first-order valence-corrected chi connectivity index (χ1v) is 6.46. The van der Waals surface area contributed by atoms with Crippen LogP contribution >= 0.6 is 0 Å². The standard InChI is InChI=1S/C10H15FN2O3S/c1-16-5-4-13-17(14,15)10-6-8(7-12)2-3-9(10)11/h2-3,6,13H,4-5,7,12H2,1H3. The number of nitrogens with two attached hydrogens (primary N) is 1. The Labute approximate surface area is 99.8 Å². The lowest BCUT2D eigenvalue weighted by molar-refractivity contribution is 0.204. The van der Waals surface area contributed by atoms with Crippen LogP contribution in [0, 0.1) is 5.82 Å². The molecule has 96 valence electrons. The van der Waals surface area contributed by atoms with Crippen LogP contribution < -0.4 is 10.5 Å². The summed E-state index contributed by atoms with van der Waals surface area (Å²) in [5.74, 6) is -0.799. The minimum absolute atomic E-state index is 0.0884. The normalized spacial score (nSPS) is 11.7. The lowest BCUT2D eigenvalue weighted by Crippen LogP contribution is -2.28. The third kappa shape index (κ3) is 3.74. The maximum Gasteiger partial charge on any atom is 0.243 e. The van der Waals surface area contributed by atoms with Gasteiger partial charge in [-0.1, -0.05) is 6.07 Å². The highest BCUT2D eigenvalue weighted by atomic mass is 32.2. The van der Waals surface area contributed by atoms with E-state index in [0.717, 1.165) is 6.07 Å². The van der Waals surface area contributed by atoms with Crippen molar-refractivity contribution in [2.45, 2.75) is 11.4 Å². The zero-order chi connectivity index (χ0) is 12.9. The molecule has 1 rings (SSSR count).